The number of aliphatic hydroxyl groups excluding tert-OH is 1. The summed E-state index contributed by atoms with van der Waals surface area (Å²) < 4.78 is 0. The van der Waals surface area contributed by atoms with Gasteiger partial charge in [-0.05, 0) is 61.4 Å². The number of hydrogen-bond donors (Lipinski definition) is 4. The summed E-state index contributed by atoms with van der Waals surface area (Å²) in [5.41, 5.74) is 11.2. The summed E-state index contributed by atoms with van der Waals surface area (Å²) in [6.45, 7) is 3.77. The molecular formula is C36H36ClN5O4S. The second kappa shape index (κ2) is 16.1. The highest BCUT2D eigenvalue weighted by Gasteiger charge is 2.27. The zero-order chi connectivity index (χ0) is 32.6. The van der Waals surface area contributed by atoms with Crippen LogP contribution in [0.4, 0.5) is 16.5 Å². The van der Waals surface area contributed by atoms with Crippen LogP contribution in [0, 0.1) is 0 Å². The number of anilines is 3. The molecule has 0 aliphatic carbocycles. The molecule has 0 saturated heterocycles. The zero-order valence-electron chi connectivity index (χ0n) is 26.0. The van der Waals surface area contributed by atoms with Crippen molar-refractivity contribution in [3.63, 3.8) is 0 Å². The van der Waals surface area contributed by atoms with Gasteiger partial charge in [0.05, 0.1) is 17.9 Å². The number of rotatable bonds is 6. The fourth-order valence-corrected chi connectivity index (χ4v) is 5.99. The number of hydrogen-bond acceptors (Lipinski definition) is 7. The lowest BCUT2D eigenvalue weighted by atomic mass is 9.99. The number of amides is 3. The number of carbonyl (C=O) groups is 3. The SMILES string of the molecule is CC(C)O.Cl.NCC(=O)Nc1nc2c(s1)CCN(C(=O)c1ccc(NC(=O)c3ccccc3-c3ccccc3)cc1)c1ccccc1-2. The first kappa shape index (κ1) is 35.0. The number of benzene rings is 4. The number of thiazole rings is 1. The van der Waals surface area contributed by atoms with Crippen LogP contribution in [0.3, 0.4) is 0 Å². The van der Waals surface area contributed by atoms with E-state index in [1.165, 1.54) is 11.3 Å². The van der Waals surface area contributed by atoms with Crippen molar-refractivity contribution in [3.8, 4) is 22.4 Å². The van der Waals surface area contributed by atoms with Crippen LogP contribution in [-0.2, 0) is 11.2 Å². The molecule has 1 aliphatic rings. The summed E-state index contributed by atoms with van der Waals surface area (Å²) in [4.78, 5) is 46.1. The lowest BCUT2D eigenvalue weighted by Crippen LogP contribution is -2.32. The summed E-state index contributed by atoms with van der Waals surface area (Å²) in [5.74, 6) is -0.679. The second-order valence-corrected chi connectivity index (χ2v) is 11.9. The first-order chi connectivity index (χ1) is 22.2. The third-order valence-electron chi connectivity index (χ3n) is 7.03. The van der Waals surface area contributed by atoms with Crippen molar-refractivity contribution in [2.24, 2.45) is 5.73 Å². The molecular weight excluding hydrogens is 634 g/mol. The summed E-state index contributed by atoms with van der Waals surface area (Å²) >= 11 is 1.39. The van der Waals surface area contributed by atoms with E-state index in [4.69, 9.17) is 10.8 Å². The molecule has 0 atom stereocenters. The molecule has 3 amide bonds. The number of carbonyl (C=O) groups excluding carboxylic acids is 3. The van der Waals surface area contributed by atoms with Crippen LogP contribution < -0.4 is 21.3 Å². The van der Waals surface area contributed by atoms with Crippen molar-refractivity contribution < 1.29 is 19.5 Å². The molecule has 0 saturated carbocycles. The van der Waals surface area contributed by atoms with Gasteiger partial charge in [-0.3, -0.25) is 14.4 Å². The van der Waals surface area contributed by atoms with E-state index in [-0.39, 0.29) is 42.8 Å². The zero-order valence-corrected chi connectivity index (χ0v) is 27.6. The maximum Gasteiger partial charge on any atom is 0.258 e. The van der Waals surface area contributed by atoms with Crippen LogP contribution in [0.25, 0.3) is 22.4 Å². The molecule has 1 aliphatic heterocycles. The van der Waals surface area contributed by atoms with Gasteiger partial charge in [0.25, 0.3) is 11.8 Å². The molecule has 1 aromatic heterocycles. The molecule has 5 aromatic rings. The fourth-order valence-electron chi connectivity index (χ4n) is 5.01. The van der Waals surface area contributed by atoms with Gasteiger partial charge in [0.15, 0.2) is 5.13 Å². The molecule has 0 spiro atoms. The molecule has 6 rings (SSSR count). The first-order valence-electron chi connectivity index (χ1n) is 14.9. The van der Waals surface area contributed by atoms with Crippen molar-refractivity contribution in [2.45, 2.75) is 26.4 Å². The summed E-state index contributed by atoms with van der Waals surface area (Å²) in [5, 5.41) is 14.2. The third kappa shape index (κ3) is 8.49. The van der Waals surface area contributed by atoms with Crippen LogP contribution in [0.2, 0.25) is 0 Å². The average molecular weight is 670 g/mol. The highest BCUT2D eigenvalue weighted by atomic mass is 35.5. The van der Waals surface area contributed by atoms with E-state index < -0.39 is 0 Å². The Kier molecular flexibility index (Phi) is 12.0. The standard InChI is InChI=1S/C33H27N5O3S.C3H8O.ClH/c34-20-29(39)36-33-37-30-26-12-6-7-13-27(26)38(19-18-28(30)42-33)32(41)22-14-16-23(17-15-22)35-31(40)25-11-5-4-10-24(25)21-8-2-1-3-9-21;1-3(2)4;/h1-17H,18-20,34H2,(H,35,40)(H,36,37,39);3-4H,1-2H3;1H. The molecule has 47 heavy (non-hydrogen) atoms. The Morgan fingerprint density at radius 2 is 1.49 bits per heavy atom. The predicted octanol–water partition coefficient (Wildman–Crippen LogP) is 6.64. The van der Waals surface area contributed by atoms with Gasteiger partial charge in [0, 0.05) is 46.3 Å². The molecule has 5 N–H and O–H groups in total. The molecule has 242 valence electrons. The smallest absolute Gasteiger partial charge is 0.258 e. The maximum absolute atomic E-state index is 13.7. The summed E-state index contributed by atoms with van der Waals surface area (Å²) in [6, 6.07) is 31.8. The molecule has 4 aromatic carbocycles. The van der Waals surface area contributed by atoms with E-state index >= 15 is 0 Å². The van der Waals surface area contributed by atoms with Crippen molar-refractivity contribution in [3.05, 3.63) is 119 Å². The Morgan fingerprint density at radius 1 is 0.872 bits per heavy atom. The normalized spacial score (nSPS) is 11.6. The molecule has 2 heterocycles. The topological polar surface area (TPSA) is 138 Å². The minimum absolute atomic E-state index is 0. The highest BCUT2D eigenvalue weighted by Crippen LogP contribution is 2.40. The van der Waals surface area contributed by atoms with E-state index in [2.05, 4.69) is 15.6 Å². The van der Waals surface area contributed by atoms with Gasteiger partial charge in [0.2, 0.25) is 5.91 Å². The maximum atomic E-state index is 13.7. The Morgan fingerprint density at radius 3 is 2.17 bits per heavy atom. The van der Waals surface area contributed by atoms with E-state index in [1.807, 2.05) is 72.8 Å². The molecule has 9 nitrogen and oxygen atoms in total. The van der Waals surface area contributed by atoms with Crippen LogP contribution in [0.15, 0.2) is 103 Å². The Balaban J connectivity index is 0.000000947. The van der Waals surface area contributed by atoms with Crippen LogP contribution in [0.5, 0.6) is 0 Å². The summed E-state index contributed by atoms with van der Waals surface area (Å²) in [6.07, 6.45) is 0.418. The van der Waals surface area contributed by atoms with E-state index in [9.17, 15) is 14.4 Å². The van der Waals surface area contributed by atoms with E-state index in [1.54, 1.807) is 49.1 Å². The second-order valence-electron chi connectivity index (χ2n) is 10.8. The number of nitrogens with zero attached hydrogens (tertiary/aromatic N) is 2. The van der Waals surface area contributed by atoms with Gasteiger partial charge < -0.3 is 26.4 Å². The van der Waals surface area contributed by atoms with Gasteiger partial charge in [-0.2, -0.15) is 0 Å². The average Bonchev–Trinajstić information content (AvgIpc) is 3.40. The van der Waals surface area contributed by atoms with E-state index in [0.29, 0.717) is 34.9 Å². The monoisotopic (exact) mass is 669 g/mol. The third-order valence-corrected chi connectivity index (χ3v) is 8.06. The Labute approximate surface area is 283 Å². The Bertz CT molecular complexity index is 1840. The fraction of sp³-hybridized carbons (Fsp3) is 0.167. The number of halogens is 1. The molecule has 0 bridgehead atoms. The summed E-state index contributed by atoms with van der Waals surface area (Å²) in [7, 11) is 0. The molecule has 0 radical (unpaired) electrons. The molecule has 0 unspecified atom stereocenters. The van der Waals surface area contributed by atoms with Crippen molar-refractivity contribution in [1.29, 1.82) is 0 Å². The largest absolute Gasteiger partial charge is 0.394 e. The van der Waals surface area contributed by atoms with Gasteiger partial charge in [-0.15, -0.1) is 23.7 Å². The number of nitrogens with two attached hydrogens (primary N) is 1. The Hall–Kier alpha value is -4.87. The van der Waals surface area contributed by atoms with Gasteiger partial charge in [-0.1, -0.05) is 66.7 Å². The van der Waals surface area contributed by atoms with Gasteiger partial charge >= 0.3 is 0 Å². The number of para-hydroxylation sites is 1. The van der Waals surface area contributed by atoms with Gasteiger partial charge in [0.1, 0.15) is 0 Å². The number of aromatic nitrogens is 1. The predicted molar refractivity (Wildman–Crippen MR) is 191 cm³/mol. The lowest BCUT2D eigenvalue weighted by Gasteiger charge is -2.23. The van der Waals surface area contributed by atoms with Crippen molar-refractivity contribution in [1.82, 2.24) is 4.98 Å². The quantitative estimate of drug-likeness (QED) is 0.160. The van der Waals surface area contributed by atoms with Gasteiger partial charge in [-0.25, -0.2) is 4.98 Å². The first-order valence-corrected chi connectivity index (χ1v) is 15.7. The van der Waals surface area contributed by atoms with Crippen LogP contribution in [0.1, 0.15) is 39.4 Å². The number of fused-ring (bicyclic) bond motifs is 3. The number of nitrogens with one attached hydrogen (secondary N) is 2. The minimum atomic E-state index is -0.302. The lowest BCUT2D eigenvalue weighted by molar-refractivity contribution is -0.114. The highest BCUT2D eigenvalue weighted by molar-refractivity contribution is 7.16. The van der Waals surface area contributed by atoms with E-state index in [0.717, 1.165) is 32.9 Å². The minimum Gasteiger partial charge on any atom is -0.394 e. The van der Waals surface area contributed by atoms with Crippen molar-refractivity contribution >= 4 is 58.0 Å². The molecule has 0 fully saturated rings. The van der Waals surface area contributed by atoms with Crippen LogP contribution in [-0.4, -0.2) is 47.0 Å². The van der Waals surface area contributed by atoms with Crippen molar-refractivity contribution in [2.75, 3.05) is 28.6 Å². The molecule has 11 heteroatoms. The van der Waals surface area contributed by atoms with Crippen LogP contribution >= 0.6 is 23.7 Å². The number of aliphatic hydroxyl groups is 1.